The van der Waals surface area contributed by atoms with Gasteiger partial charge in [0.2, 0.25) is 0 Å². The van der Waals surface area contributed by atoms with Crippen molar-refractivity contribution < 1.29 is 4.79 Å². The number of hydrogen-bond donors (Lipinski definition) is 1. The molecular weight excluding hydrogens is 388 g/mol. The first-order valence-electron chi connectivity index (χ1n) is 9.88. The van der Waals surface area contributed by atoms with E-state index in [4.69, 9.17) is 22.3 Å². The molecule has 152 valence electrons. The lowest BCUT2D eigenvalue weighted by Gasteiger charge is -2.26. The Bertz CT molecular complexity index is 1080. The van der Waals surface area contributed by atoms with Crippen molar-refractivity contribution in [1.29, 1.82) is 0 Å². The molecule has 1 amide bonds. The number of aromatic nitrogens is 4. The maximum atomic E-state index is 13.1. The molecule has 8 heteroatoms. The molecule has 2 N–H and O–H groups in total. The minimum absolute atomic E-state index is 0.0174. The first kappa shape index (κ1) is 19.6. The van der Waals surface area contributed by atoms with Crippen molar-refractivity contribution >= 4 is 34.4 Å². The summed E-state index contributed by atoms with van der Waals surface area (Å²) in [5, 5.41) is 0.289. The van der Waals surface area contributed by atoms with Crippen LogP contribution >= 0.6 is 11.6 Å². The SMILES string of the molecule is Cc1cc2c(ncn2-c2ncnc(N)c2Cl)c(C2CCCCC2)c1C(=O)N(C)C. The molecule has 1 aromatic carbocycles. The van der Waals surface area contributed by atoms with Crippen LogP contribution in [0.5, 0.6) is 0 Å². The molecule has 0 saturated heterocycles. The first-order valence-corrected chi connectivity index (χ1v) is 10.3. The molecule has 1 aliphatic carbocycles. The Labute approximate surface area is 174 Å². The van der Waals surface area contributed by atoms with Crippen molar-refractivity contribution in [3.8, 4) is 5.82 Å². The molecule has 0 bridgehead atoms. The number of nitrogens with zero attached hydrogens (tertiary/aromatic N) is 5. The van der Waals surface area contributed by atoms with E-state index >= 15 is 0 Å². The maximum absolute atomic E-state index is 13.1. The summed E-state index contributed by atoms with van der Waals surface area (Å²) < 4.78 is 1.83. The normalized spacial score (nSPS) is 15.0. The van der Waals surface area contributed by atoms with Crippen molar-refractivity contribution in [2.45, 2.75) is 44.9 Å². The predicted molar refractivity (Wildman–Crippen MR) is 115 cm³/mol. The Kier molecular flexibility index (Phi) is 5.17. The molecule has 7 nitrogen and oxygen atoms in total. The van der Waals surface area contributed by atoms with E-state index in [9.17, 15) is 4.79 Å². The van der Waals surface area contributed by atoms with Gasteiger partial charge in [0, 0.05) is 19.7 Å². The lowest BCUT2D eigenvalue weighted by Crippen LogP contribution is -2.25. The van der Waals surface area contributed by atoms with E-state index in [1.54, 1.807) is 25.3 Å². The fourth-order valence-electron chi connectivity index (χ4n) is 4.32. The second kappa shape index (κ2) is 7.63. The lowest BCUT2D eigenvalue weighted by atomic mass is 9.80. The number of hydrogen-bond acceptors (Lipinski definition) is 5. The van der Waals surface area contributed by atoms with Crippen molar-refractivity contribution in [3.05, 3.63) is 40.4 Å². The van der Waals surface area contributed by atoms with Crippen LogP contribution in [0.15, 0.2) is 18.7 Å². The van der Waals surface area contributed by atoms with E-state index in [1.807, 2.05) is 17.6 Å². The Morgan fingerprint density at radius 3 is 2.62 bits per heavy atom. The van der Waals surface area contributed by atoms with Crippen LogP contribution in [0.2, 0.25) is 5.02 Å². The number of nitrogens with two attached hydrogens (primary N) is 1. The lowest BCUT2D eigenvalue weighted by molar-refractivity contribution is 0.0825. The van der Waals surface area contributed by atoms with E-state index in [0.29, 0.717) is 11.7 Å². The first-order chi connectivity index (χ1) is 13.9. The zero-order valence-electron chi connectivity index (χ0n) is 16.9. The highest BCUT2D eigenvalue weighted by atomic mass is 35.5. The van der Waals surface area contributed by atoms with Crippen LogP contribution in [0.25, 0.3) is 16.9 Å². The van der Waals surface area contributed by atoms with Crippen LogP contribution in [-0.4, -0.2) is 44.4 Å². The van der Waals surface area contributed by atoms with Crippen LogP contribution in [-0.2, 0) is 0 Å². The molecule has 4 rings (SSSR count). The molecular formula is C21H25ClN6O. The van der Waals surface area contributed by atoms with Gasteiger partial charge in [-0.25, -0.2) is 15.0 Å². The summed E-state index contributed by atoms with van der Waals surface area (Å²) in [4.78, 5) is 27.7. The minimum atomic E-state index is 0.0174. The molecule has 2 heterocycles. The number of carbonyl (C=O) groups excluding carboxylic acids is 1. The number of anilines is 1. The van der Waals surface area contributed by atoms with Gasteiger partial charge in [-0.2, -0.15) is 0 Å². The summed E-state index contributed by atoms with van der Waals surface area (Å²) >= 11 is 6.38. The number of carbonyl (C=O) groups is 1. The van der Waals surface area contributed by atoms with Crippen LogP contribution < -0.4 is 5.73 Å². The summed E-state index contributed by atoms with van der Waals surface area (Å²) in [5.74, 6) is 1.05. The molecule has 0 radical (unpaired) electrons. The van der Waals surface area contributed by atoms with Crippen molar-refractivity contribution in [3.63, 3.8) is 0 Å². The number of amides is 1. The molecule has 0 atom stereocenters. The van der Waals surface area contributed by atoms with Gasteiger partial charge in [0.05, 0.1) is 11.0 Å². The van der Waals surface area contributed by atoms with E-state index in [1.165, 1.54) is 25.6 Å². The van der Waals surface area contributed by atoms with Gasteiger partial charge in [0.15, 0.2) is 5.82 Å². The highest BCUT2D eigenvalue weighted by Crippen LogP contribution is 2.40. The second-order valence-electron chi connectivity index (χ2n) is 7.90. The summed E-state index contributed by atoms with van der Waals surface area (Å²) in [6.07, 6.45) is 8.82. The molecule has 29 heavy (non-hydrogen) atoms. The highest BCUT2D eigenvalue weighted by Gasteiger charge is 2.28. The zero-order chi connectivity index (χ0) is 20.7. The Balaban J connectivity index is 2.00. The van der Waals surface area contributed by atoms with Crippen LogP contribution in [0.1, 0.15) is 59.5 Å². The van der Waals surface area contributed by atoms with Gasteiger partial charge in [0.1, 0.15) is 23.5 Å². The number of rotatable bonds is 3. The van der Waals surface area contributed by atoms with Gasteiger partial charge in [-0.3, -0.25) is 9.36 Å². The van der Waals surface area contributed by atoms with Gasteiger partial charge in [-0.05, 0) is 42.9 Å². The molecule has 1 aliphatic rings. The molecule has 0 spiro atoms. The predicted octanol–water partition coefficient (Wildman–Crippen LogP) is 4.11. The monoisotopic (exact) mass is 412 g/mol. The number of imidazole rings is 1. The number of fused-ring (bicyclic) bond motifs is 1. The summed E-state index contributed by atoms with van der Waals surface area (Å²) in [6, 6.07) is 1.99. The number of nitrogen functional groups attached to an aromatic ring is 1. The molecule has 1 fully saturated rings. The maximum Gasteiger partial charge on any atom is 0.253 e. The second-order valence-corrected chi connectivity index (χ2v) is 8.27. The topological polar surface area (TPSA) is 89.9 Å². The Morgan fingerprint density at radius 1 is 1.21 bits per heavy atom. The molecule has 2 aromatic heterocycles. The van der Waals surface area contributed by atoms with E-state index in [0.717, 1.165) is 40.6 Å². The third kappa shape index (κ3) is 3.33. The van der Waals surface area contributed by atoms with Crippen LogP contribution in [0, 0.1) is 6.92 Å². The average molecular weight is 413 g/mol. The van der Waals surface area contributed by atoms with E-state index in [-0.39, 0.29) is 16.7 Å². The third-order valence-electron chi connectivity index (χ3n) is 5.74. The molecule has 3 aromatic rings. The standard InChI is InChI=1S/C21H25ClN6O/c1-12-9-14-18(26-11-28(14)20-17(22)19(23)24-10-25-20)16(13-7-5-4-6-8-13)15(12)21(29)27(2)3/h9-11,13H,4-8H2,1-3H3,(H2,23,24,25). The Morgan fingerprint density at radius 2 is 1.93 bits per heavy atom. The van der Waals surface area contributed by atoms with Gasteiger partial charge in [0.25, 0.3) is 5.91 Å². The van der Waals surface area contributed by atoms with E-state index in [2.05, 4.69) is 9.97 Å². The van der Waals surface area contributed by atoms with Gasteiger partial charge in [-0.15, -0.1) is 0 Å². The molecule has 0 unspecified atom stereocenters. The third-order valence-corrected chi connectivity index (χ3v) is 6.10. The van der Waals surface area contributed by atoms with Gasteiger partial charge < -0.3 is 10.6 Å². The fraction of sp³-hybridized carbons (Fsp3) is 0.429. The minimum Gasteiger partial charge on any atom is -0.382 e. The van der Waals surface area contributed by atoms with E-state index < -0.39 is 0 Å². The van der Waals surface area contributed by atoms with Crippen molar-refractivity contribution in [2.24, 2.45) is 0 Å². The average Bonchev–Trinajstić information content (AvgIpc) is 3.12. The number of halogens is 1. The van der Waals surface area contributed by atoms with Crippen LogP contribution in [0.3, 0.4) is 0 Å². The van der Waals surface area contributed by atoms with Crippen molar-refractivity contribution in [2.75, 3.05) is 19.8 Å². The van der Waals surface area contributed by atoms with Crippen molar-refractivity contribution in [1.82, 2.24) is 24.4 Å². The van der Waals surface area contributed by atoms with Gasteiger partial charge >= 0.3 is 0 Å². The Hall–Kier alpha value is -2.67. The largest absolute Gasteiger partial charge is 0.382 e. The summed E-state index contributed by atoms with van der Waals surface area (Å²) in [7, 11) is 3.58. The molecule has 1 saturated carbocycles. The quantitative estimate of drug-likeness (QED) is 0.699. The number of benzene rings is 1. The van der Waals surface area contributed by atoms with Gasteiger partial charge in [-0.1, -0.05) is 30.9 Å². The summed E-state index contributed by atoms with van der Waals surface area (Å²) in [5.41, 5.74) is 10.3. The van der Waals surface area contributed by atoms with Crippen LogP contribution in [0.4, 0.5) is 5.82 Å². The molecule has 0 aliphatic heterocycles. The fourth-order valence-corrected chi connectivity index (χ4v) is 4.51. The number of aryl methyl sites for hydroxylation is 1. The highest BCUT2D eigenvalue weighted by molar-refractivity contribution is 6.34. The summed E-state index contributed by atoms with van der Waals surface area (Å²) in [6.45, 7) is 1.98. The smallest absolute Gasteiger partial charge is 0.253 e. The zero-order valence-corrected chi connectivity index (χ0v) is 17.7.